The van der Waals surface area contributed by atoms with Crippen molar-refractivity contribution in [2.75, 3.05) is 13.1 Å². The Labute approximate surface area is 125 Å². The maximum Gasteiger partial charge on any atom is 0.198 e. The van der Waals surface area contributed by atoms with Crippen LogP contribution in [0.4, 0.5) is 0 Å². The Morgan fingerprint density at radius 1 is 1.19 bits per heavy atom. The van der Waals surface area contributed by atoms with Crippen molar-refractivity contribution >= 4 is 10.9 Å². The Hall–Kier alpha value is -2.13. The van der Waals surface area contributed by atoms with E-state index in [0.29, 0.717) is 6.54 Å². The summed E-state index contributed by atoms with van der Waals surface area (Å²) in [5.41, 5.74) is 3.94. The number of H-pyrrole nitrogens is 1. The Kier molecular flexibility index (Phi) is 4.76. The molecule has 1 heterocycles. The smallest absolute Gasteiger partial charge is 0.198 e. The van der Waals surface area contributed by atoms with Gasteiger partial charge < -0.3 is 9.88 Å². The van der Waals surface area contributed by atoms with Crippen molar-refractivity contribution in [1.82, 2.24) is 4.98 Å². The van der Waals surface area contributed by atoms with Gasteiger partial charge in [-0.15, -0.1) is 0 Å². The number of quaternary nitrogens is 1. The molecule has 2 aromatic rings. The van der Waals surface area contributed by atoms with Gasteiger partial charge in [-0.1, -0.05) is 24.8 Å². The Morgan fingerprint density at radius 3 is 2.48 bits per heavy atom. The lowest BCUT2D eigenvalue weighted by molar-refractivity contribution is -0.902. The molecule has 1 aromatic heterocycles. The lowest BCUT2D eigenvalue weighted by atomic mass is 10.1. The van der Waals surface area contributed by atoms with E-state index in [2.05, 4.69) is 18.1 Å². The van der Waals surface area contributed by atoms with E-state index < -0.39 is 0 Å². The monoisotopic (exact) mass is 283 g/mol. The summed E-state index contributed by atoms with van der Waals surface area (Å²) in [4.78, 5) is 17.4. The highest BCUT2D eigenvalue weighted by atomic mass is 16.1. The van der Waals surface area contributed by atoms with Gasteiger partial charge in [0.2, 0.25) is 0 Å². The summed E-state index contributed by atoms with van der Waals surface area (Å²) in [6.07, 6.45) is 3.76. The fraction of sp³-hybridized carbons (Fsp3) is 0.278. The van der Waals surface area contributed by atoms with Gasteiger partial charge in [0.25, 0.3) is 0 Å². The minimum absolute atomic E-state index is 0.135. The van der Waals surface area contributed by atoms with Crippen LogP contribution in [0, 0.1) is 13.8 Å². The Bertz CT molecular complexity index is 718. The van der Waals surface area contributed by atoms with E-state index in [1.165, 1.54) is 4.90 Å². The predicted molar refractivity (Wildman–Crippen MR) is 88.8 cm³/mol. The molecule has 0 spiro atoms. The molecule has 0 atom stereocenters. The van der Waals surface area contributed by atoms with Crippen LogP contribution in [-0.2, 0) is 6.54 Å². The normalized spacial score (nSPS) is 11.0. The van der Waals surface area contributed by atoms with Gasteiger partial charge in [0.15, 0.2) is 5.43 Å². The van der Waals surface area contributed by atoms with Crippen LogP contribution in [0.25, 0.3) is 10.9 Å². The quantitative estimate of drug-likeness (QED) is 0.781. The first kappa shape index (κ1) is 15.3. The van der Waals surface area contributed by atoms with Gasteiger partial charge in [-0.05, 0) is 38.1 Å². The second-order valence-electron chi connectivity index (χ2n) is 5.52. The SMILES string of the molecule is C=CC[NH+](CC=C)Cc1c(C)[nH]c2ccc(C)cc2c1=O. The number of hydrogen-bond donors (Lipinski definition) is 2. The number of benzene rings is 1. The lowest BCUT2D eigenvalue weighted by Crippen LogP contribution is -3.10. The molecule has 3 heteroatoms. The van der Waals surface area contributed by atoms with E-state index >= 15 is 0 Å². The number of rotatable bonds is 6. The maximum atomic E-state index is 12.8. The van der Waals surface area contributed by atoms with Crippen LogP contribution in [0.1, 0.15) is 16.8 Å². The van der Waals surface area contributed by atoms with Crippen molar-refractivity contribution in [1.29, 1.82) is 0 Å². The molecular weight excluding hydrogens is 260 g/mol. The van der Waals surface area contributed by atoms with Gasteiger partial charge >= 0.3 is 0 Å². The summed E-state index contributed by atoms with van der Waals surface area (Å²) in [6.45, 7) is 13.9. The topological polar surface area (TPSA) is 37.3 Å². The van der Waals surface area contributed by atoms with E-state index in [9.17, 15) is 4.79 Å². The summed E-state index contributed by atoms with van der Waals surface area (Å²) in [7, 11) is 0. The first-order valence-electron chi connectivity index (χ1n) is 7.24. The molecular formula is C18H23N2O+. The number of pyridine rings is 1. The molecule has 0 unspecified atom stereocenters. The van der Waals surface area contributed by atoms with Crippen LogP contribution in [0.3, 0.4) is 0 Å². The minimum Gasteiger partial charge on any atom is -0.358 e. The van der Waals surface area contributed by atoms with Crippen LogP contribution in [0.2, 0.25) is 0 Å². The van der Waals surface area contributed by atoms with Crippen molar-refractivity contribution in [2.24, 2.45) is 0 Å². The molecule has 0 bridgehead atoms. The van der Waals surface area contributed by atoms with E-state index in [-0.39, 0.29) is 5.43 Å². The number of aromatic amines is 1. The van der Waals surface area contributed by atoms with Crippen molar-refractivity contribution in [3.05, 3.63) is 70.6 Å². The zero-order valence-electron chi connectivity index (χ0n) is 12.8. The molecule has 2 N–H and O–H groups in total. The molecule has 0 radical (unpaired) electrons. The molecule has 0 aliphatic rings. The maximum absolute atomic E-state index is 12.8. The highest BCUT2D eigenvalue weighted by Crippen LogP contribution is 2.12. The Balaban J connectivity index is 2.50. The highest BCUT2D eigenvalue weighted by molar-refractivity contribution is 5.80. The average Bonchev–Trinajstić information content (AvgIpc) is 2.45. The summed E-state index contributed by atoms with van der Waals surface area (Å²) in [6, 6.07) is 5.95. The summed E-state index contributed by atoms with van der Waals surface area (Å²) >= 11 is 0. The molecule has 21 heavy (non-hydrogen) atoms. The summed E-state index contributed by atoms with van der Waals surface area (Å²) < 4.78 is 0. The van der Waals surface area contributed by atoms with Crippen LogP contribution >= 0.6 is 0 Å². The van der Waals surface area contributed by atoms with Gasteiger partial charge in [0, 0.05) is 16.6 Å². The predicted octanol–water partition coefficient (Wildman–Crippen LogP) is 1.90. The molecule has 2 rings (SSSR count). The van der Waals surface area contributed by atoms with Gasteiger partial charge in [0.05, 0.1) is 18.7 Å². The van der Waals surface area contributed by atoms with E-state index in [4.69, 9.17) is 0 Å². The second kappa shape index (κ2) is 6.55. The molecule has 0 aliphatic heterocycles. The Morgan fingerprint density at radius 2 is 1.86 bits per heavy atom. The number of aromatic nitrogens is 1. The zero-order chi connectivity index (χ0) is 15.4. The molecule has 0 saturated heterocycles. The van der Waals surface area contributed by atoms with Gasteiger partial charge in [0.1, 0.15) is 6.54 Å². The van der Waals surface area contributed by atoms with Crippen molar-refractivity contribution in [3.8, 4) is 0 Å². The van der Waals surface area contributed by atoms with Gasteiger partial charge in [-0.3, -0.25) is 4.79 Å². The molecule has 3 nitrogen and oxygen atoms in total. The third kappa shape index (κ3) is 3.31. The second-order valence-corrected chi connectivity index (χ2v) is 5.52. The fourth-order valence-electron chi connectivity index (χ4n) is 2.66. The largest absolute Gasteiger partial charge is 0.358 e. The highest BCUT2D eigenvalue weighted by Gasteiger charge is 2.14. The number of fused-ring (bicyclic) bond motifs is 1. The van der Waals surface area contributed by atoms with Crippen LogP contribution in [-0.4, -0.2) is 18.1 Å². The molecule has 0 amide bonds. The number of hydrogen-bond acceptors (Lipinski definition) is 1. The van der Waals surface area contributed by atoms with Crippen molar-refractivity contribution in [2.45, 2.75) is 20.4 Å². The first-order chi connectivity index (χ1) is 10.1. The lowest BCUT2D eigenvalue weighted by Gasteiger charge is -2.17. The fourth-order valence-corrected chi connectivity index (χ4v) is 2.66. The van der Waals surface area contributed by atoms with Crippen LogP contribution in [0.5, 0.6) is 0 Å². The van der Waals surface area contributed by atoms with Crippen molar-refractivity contribution < 1.29 is 4.90 Å². The molecule has 0 saturated carbocycles. The van der Waals surface area contributed by atoms with Gasteiger partial charge in [-0.2, -0.15) is 0 Å². The van der Waals surface area contributed by atoms with Crippen molar-refractivity contribution in [3.63, 3.8) is 0 Å². The zero-order valence-corrected chi connectivity index (χ0v) is 12.8. The standard InChI is InChI=1S/C18H22N2O/c1-5-9-20(10-6-2)12-16-14(4)19-17-8-7-13(3)11-15(17)18(16)21/h5-8,11H,1-2,9-10,12H2,3-4H3,(H,19,21)/p+1. The number of aryl methyl sites for hydroxylation is 2. The molecule has 0 aliphatic carbocycles. The third-order valence-corrected chi connectivity index (χ3v) is 3.76. The average molecular weight is 283 g/mol. The van der Waals surface area contributed by atoms with Crippen LogP contribution < -0.4 is 10.3 Å². The molecule has 0 fully saturated rings. The first-order valence-corrected chi connectivity index (χ1v) is 7.24. The number of nitrogens with one attached hydrogen (secondary N) is 2. The van der Waals surface area contributed by atoms with Crippen LogP contribution in [0.15, 0.2) is 48.3 Å². The van der Waals surface area contributed by atoms with E-state index in [0.717, 1.165) is 40.8 Å². The van der Waals surface area contributed by atoms with E-state index in [1.54, 1.807) is 0 Å². The molecule has 1 aromatic carbocycles. The minimum atomic E-state index is 0.135. The summed E-state index contributed by atoms with van der Waals surface area (Å²) in [5, 5.41) is 0.771. The van der Waals surface area contributed by atoms with Gasteiger partial charge in [-0.25, -0.2) is 0 Å². The third-order valence-electron chi connectivity index (χ3n) is 3.76. The molecule has 110 valence electrons. The summed E-state index contributed by atoms with van der Waals surface area (Å²) in [5.74, 6) is 0. The van der Waals surface area contributed by atoms with E-state index in [1.807, 2.05) is 44.2 Å².